The quantitative estimate of drug-likeness (QED) is 0.478. The maximum atomic E-state index is 4.96. The van der Waals surface area contributed by atoms with Gasteiger partial charge in [-0.1, -0.05) is 20.8 Å². The topological polar surface area (TPSA) is 9.23 Å². The second kappa shape index (κ2) is 5.21. The van der Waals surface area contributed by atoms with Gasteiger partial charge in [0.05, 0.1) is 15.3 Å². The van der Waals surface area contributed by atoms with E-state index < -0.39 is 0 Å². The Morgan fingerprint density at radius 1 is 1.40 bits per heavy atom. The molecule has 1 nitrogen and oxygen atoms in total. The first-order valence-electron chi connectivity index (χ1n) is 3.63. The van der Waals surface area contributed by atoms with Crippen molar-refractivity contribution in [3.63, 3.8) is 0 Å². The average Bonchev–Trinajstić information content (AvgIpc) is 1.78. The average molecular weight is 178 g/mol. The number of hydrogen-bond donors (Lipinski definition) is 0. The molecule has 0 radical (unpaired) electrons. The van der Waals surface area contributed by atoms with Crippen LogP contribution in [0, 0.1) is 0 Å². The Morgan fingerprint density at radius 2 is 2.00 bits per heavy atom. The molecule has 0 aromatic carbocycles. The summed E-state index contributed by atoms with van der Waals surface area (Å²) in [6, 6.07) is 0. The van der Waals surface area contributed by atoms with Gasteiger partial charge in [0.25, 0.3) is 0 Å². The molecule has 0 amide bonds. The molecular formula is C7H18OSSi. The van der Waals surface area contributed by atoms with Gasteiger partial charge in [0.15, 0.2) is 0 Å². The molecule has 0 N–H and O–H groups in total. The summed E-state index contributed by atoms with van der Waals surface area (Å²) >= 11 is 2.10. The first-order valence-corrected chi connectivity index (χ1v) is 7.22. The van der Waals surface area contributed by atoms with Gasteiger partial charge in [-0.25, -0.2) is 0 Å². The fourth-order valence-corrected chi connectivity index (χ4v) is 4.19. The Balaban J connectivity index is 3.04. The second-order valence-corrected chi connectivity index (χ2v) is 8.92. The van der Waals surface area contributed by atoms with E-state index in [1.165, 1.54) is 5.75 Å². The molecular weight excluding hydrogens is 160 g/mol. The van der Waals surface area contributed by atoms with Crippen LogP contribution in [0.2, 0.25) is 5.04 Å². The van der Waals surface area contributed by atoms with Gasteiger partial charge in [0, 0.05) is 12.9 Å². The van der Waals surface area contributed by atoms with Crippen molar-refractivity contribution < 1.29 is 4.74 Å². The molecule has 0 aliphatic rings. The van der Waals surface area contributed by atoms with Crippen molar-refractivity contribution in [3.8, 4) is 0 Å². The Kier molecular flexibility index (Phi) is 5.49. The highest BCUT2D eigenvalue weighted by Gasteiger charge is 2.09. The zero-order valence-corrected chi connectivity index (χ0v) is 9.67. The molecule has 0 aliphatic heterocycles. The highest BCUT2D eigenvalue weighted by molar-refractivity contribution is 8.22. The maximum Gasteiger partial charge on any atom is 0.0908 e. The van der Waals surface area contributed by atoms with E-state index in [1.54, 1.807) is 7.11 Å². The third-order valence-electron chi connectivity index (χ3n) is 0.967. The van der Waals surface area contributed by atoms with Crippen molar-refractivity contribution in [2.24, 2.45) is 0 Å². The Hall–Kier alpha value is 0.527. The lowest BCUT2D eigenvalue weighted by atomic mass is 10.3. The summed E-state index contributed by atoms with van der Waals surface area (Å²) in [7, 11) is 1.83. The van der Waals surface area contributed by atoms with Crippen molar-refractivity contribution >= 4 is 19.9 Å². The van der Waals surface area contributed by atoms with Gasteiger partial charge in [0.2, 0.25) is 0 Å². The van der Waals surface area contributed by atoms with E-state index in [-0.39, 0.29) is 8.67 Å². The summed E-state index contributed by atoms with van der Waals surface area (Å²) < 4.78 is 4.96. The fourth-order valence-electron chi connectivity index (χ4n) is 0.521. The highest BCUT2D eigenvalue weighted by Crippen LogP contribution is 2.24. The van der Waals surface area contributed by atoms with E-state index >= 15 is 0 Å². The van der Waals surface area contributed by atoms with Crippen molar-refractivity contribution in [2.75, 3.05) is 19.5 Å². The molecule has 0 atom stereocenters. The number of ether oxygens (including phenoxy) is 1. The molecule has 0 aromatic heterocycles. The Labute approximate surface area is 70.4 Å². The molecule has 0 bridgehead atoms. The zero-order chi connectivity index (χ0) is 8.04. The Morgan fingerprint density at radius 3 is 2.40 bits per heavy atom. The molecule has 0 saturated heterocycles. The predicted octanol–water partition coefficient (Wildman–Crippen LogP) is 1.67. The van der Waals surface area contributed by atoms with Crippen LogP contribution in [-0.2, 0) is 4.74 Å². The molecule has 0 fully saturated rings. The summed E-state index contributed by atoms with van der Waals surface area (Å²) in [5.74, 6) is 1.18. The number of hydrogen-bond acceptors (Lipinski definition) is 2. The second-order valence-electron chi connectivity index (χ2n) is 3.61. The highest BCUT2D eigenvalue weighted by atomic mass is 32.4. The SMILES string of the molecule is COCCS[SiH2]C(C)(C)C. The van der Waals surface area contributed by atoms with Crippen LogP contribution >= 0.6 is 11.2 Å². The lowest BCUT2D eigenvalue weighted by molar-refractivity contribution is 0.219. The third-order valence-corrected chi connectivity index (χ3v) is 6.57. The molecule has 0 rings (SSSR count). The van der Waals surface area contributed by atoms with Crippen LogP contribution in [0.5, 0.6) is 0 Å². The van der Waals surface area contributed by atoms with Crippen LogP contribution in [-0.4, -0.2) is 28.1 Å². The molecule has 0 aliphatic carbocycles. The van der Waals surface area contributed by atoms with E-state index in [9.17, 15) is 0 Å². The predicted molar refractivity (Wildman–Crippen MR) is 52.6 cm³/mol. The minimum Gasteiger partial charge on any atom is -0.384 e. The van der Waals surface area contributed by atoms with Crippen LogP contribution in [0.4, 0.5) is 0 Å². The smallest absolute Gasteiger partial charge is 0.0908 e. The van der Waals surface area contributed by atoms with E-state index in [4.69, 9.17) is 4.74 Å². The lowest BCUT2D eigenvalue weighted by Crippen LogP contribution is -2.06. The minimum atomic E-state index is 0.0660. The molecule has 10 heavy (non-hydrogen) atoms. The largest absolute Gasteiger partial charge is 0.384 e. The van der Waals surface area contributed by atoms with E-state index in [2.05, 4.69) is 32.0 Å². The molecule has 62 valence electrons. The molecule has 0 aromatic rings. The zero-order valence-electron chi connectivity index (χ0n) is 7.44. The van der Waals surface area contributed by atoms with Crippen LogP contribution < -0.4 is 0 Å². The summed E-state index contributed by atoms with van der Waals surface area (Å²) in [6.45, 7) is 7.87. The van der Waals surface area contributed by atoms with Gasteiger partial charge in [-0.2, -0.15) is 11.2 Å². The lowest BCUT2D eigenvalue weighted by Gasteiger charge is -2.15. The molecule has 3 heteroatoms. The van der Waals surface area contributed by atoms with Crippen molar-refractivity contribution in [3.05, 3.63) is 0 Å². The van der Waals surface area contributed by atoms with Gasteiger partial charge < -0.3 is 4.74 Å². The van der Waals surface area contributed by atoms with Crippen molar-refractivity contribution in [1.82, 2.24) is 0 Å². The standard InChI is InChI=1S/C7H18OSSi/c1-7(2,3)10-9-6-5-8-4/h5-6,10H2,1-4H3. The Bertz CT molecular complexity index is 80.2. The minimum absolute atomic E-state index is 0.0660. The maximum absolute atomic E-state index is 4.96. The van der Waals surface area contributed by atoms with Crippen LogP contribution in [0.3, 0.4) is 0 Å². The normalized spacial score (nSPS) is 13.2. The number of rotatable bonds is 4. The van der Waals surface area contributed by atoms with Crippen molar-refractivity contribution in [1.29, 1.82) is 0 Å². The number of methoxy groups -OCH3 is 1. The van der Waals surface area contributed by atoms with Crippen LogP contribution in [0.15, 0.2) is 0 Å². The van der Waals surface area contributed by atoms with Crippen LogP contribution in [0.25, 0.3) is 0 Å². The van der Waals surface area contributed by atoms with Gasteiger partial charge >= 0.3 is 0 Å². The van der Waals surface area contributed by atoms with Crippen LogP contribution in [0.1, 0.15) is 20.8 Å². The monoisotopic (exact) mass is 178 g/mol. The van der Waals surface area contributed by atoms with E-state index in [0.717, 1.165) is 6.61 Å². The summed E-state index contributed by atoms with van der Waals surface area (Å²) in [6.07, 6.45) is 0. The summed E-state index contributed by atoms with van der Waals surface area (Å²) in [5.41, 5.74) is 0. The fraction of sp³-hybridized carbons (Fsp3) is 1.00. The van der Waals surface area contributed by atoms with Crippen molar-refractivity contribution in [2.45, 2.75) is 25.8 Å². The summed E-state index contributed by atoms with van der Waals surface area (Å²) in [5, 5.41) is 0.596. The first-order chi connectivity index (χ1) is 4.56. The third kappa shape index (κ3) is 8.53. The van der Waals surface area contributed by atoms with E-state index in [0.29, 0.717) is 5.04 Å². The van der Waals surface area contributed by atoms with Gasteiger partial charge in [-0.3, -0.25) is 0 Å². The van der Waals surface area contributed by atoms with Gasteiger partial charge in [-0.05, 0) is 5.04 Å². The summed E-state index contributed by atoms with van der Waals surface area (Å²) in [4.78, 5) is 0. The first kappa shape index (κ1) is 10.5. The molecule has 0 saturated carbocycles. The van der Waals surface area contributed by atoms with E-state index in [1.807, 2.05) is 0 Å². The van der Waals surface area contributed by atoms with Gasteiger partial charge in [-0.15, -0.1) is 0 Å². The molecule has 0 unspecified atom stereocenters. The molecule has 0 spiro atoms. The van der Waals surface area contributed by atoms with Gasteiger partial charge in [0.1, 0.15) is 0 Å². The molecule has 0 heterocycles.